The number of nitrogens with one attached hydrogen (secondary N) is 1. The number of amides is 1. The molecule has 2 aromatic rings. The number of alkyl carbamates (subject to hydrolysis) is 1. The zero-order valence-corrected chi connectivity index (χ0v) is 17.6. The monoisotopic (exact) mass is 479 g/mol. The standard InChI is InChI=1S/C21H22INO4/c1-21(2,3)27-20(25)23-18(13-15-9-11-17(22)12-10-15)19(24)26-14-16-7-5-4-6-8-16/h4-13H,14H2,1-3H3,(H,23,25)/b18-13-. The Balaban J connectivity index is 2.16. The summed E-state index contributed by atoms with van der Waals surface area (Å²) in [7, 11) is 0. The predicted molar refractivity (Wildman–Crippen MR) is 113 cm³/mol. The van der Waals surface area contributed by atoms with Crippen molar-refractivity contribution in [3.63, 3.8) is 0 Å². The number of rotatable bonds is 5. The van der Waals surface area contributed by atoms with Crippen molar-refractivity contribution in [1.82, 2.24) is 5.32 Å². The van der Waals surface area contributed by atoms with Gasteiger partial charge in [0.15, 0.2) is 0 Å². The Bertz CT molecular complexity index is 808. The minimum atomic E-state index is -0.712. The van der Waals surface area contributed by atoms with Crippen LogP contribution >= 0.6 is 22.6 Å². The number of esters is 1. The highest BCUT2D eigenvalue weighted by molar-refractivity contribution is 14.1. The van der Waals surface area contributed by atoms with Crippen molar-refractivity contribution in [1.29, 1.82) is 0 Å². The average Bonchev–Trinajstić information content (AvgIpc) is 2.60. The van der Waals surface area contributed by atoms with E-state index in [0.29, 0.717) is 0 Å². The van der Waals surface area contributed by atoms with E-state index in [-0.39, 0.29) is 12.3 Å². The lowest BCUT2D eigenvalue weighted by atomic mass is 10.2. The highest BCUT2D eigenvalue weighted by Gasteiger charge is 2.20. The van der Waals surface area contributed by atoms with E-state index in [1.807, 2.05) is 54.6 Å². The molecule has 2 aromatic carbocycles. The van der Waals surface area contributed by atoms with Crippen molar-refractivity contribution in [2.24, 2.45) is 0 Å². The third-order valence-electron chi connectivity index (χ3n) is 3.25. The van der Waals surface area contributed by atoms with E-state index in [1.54, 1.807) is 26.8 Å². The van der Waals surface area contributed by atoms with E-state index in [1.165, 1.54) is 0 Å². The van der Waals surface area contributed by atoms with Crippen LogP contribution in [-0.2, 0) is 20.9 Å². The SMILES string of the molecule is CC(C)(C)OC(=O)N/C(=C\c1ccc(I)cc1)C(=O)OCc1ccccc1. The molecular weight excluding hydrogens is 457 g/mol. The van der Waals surface area contributed by atoms with Gasteiger partial charge in [-0.25, -0.2) is 9.59 Å². The summed E-state index contributed by atoms with van der Waals surface area (Å²) >= 11 is 2.20. The van der Waals surface area contributed by atoms with Crippen LogP contribution in [0, 0.1) is 3.57 Å². The first-order valence-corrected chi connectivity index (χ1v) is 9.49. The van der Waals surface area contributed by atoms with Gasteiger partial charge in [0.1, 0.15) is 17.9 Å². The zero-order chi connectivity index (χ0) is 19.9. The second-order valence-electron chi connectivity index (χ2n) is 6.80. The summed E-state index contributed by atoms with van der Waals surface area (Å²) in [4.78, 5) is 24.6. The lowest BCUT2D eigenvalue weighted by molar-refractivity contribution is -0.140. The van der Waals surface area contributed by atoms with E-state index in [9.17, 15) is 9.59 Å². The van der Waals surface area contributed by atoms with Gasteiger partial charge in [-0.1, -0.05) is 42.5 Å². The fraction of sp³-hybridized carbons (Fsp3) is 0.238. The third-order valence-corrected chi connectivity index (χ3v) is 3.97. The number of hydrogen-bond acceptors (Lipinski definition) is 4. The Labute approximate surface area is 172 Å². The van der Waals surface area contributed by atoms with Crippen LogP contribution in [-0.4, -0.2) is 17.7 Å². The molecule has 0 atom stereocenters. The van der Waals surface area contributed by atoms with Gasteiger partial charge < -0.3 is 9.47 Å². The predicted octanol–water partition coefficient (Wildman–Crippen LogP) is 4.90. The lowest BCUT2D eigenvalue weighted by Gasteiger charge is -2.20. The Kier molecular flexibility index (Phi) is 7.41. The normalized spacial score (nSPS) is 11.6. The first-order chi connectivity index (χ1) is 12.7. The van der Waals surface area contributed by atoms with Crippen LogP contribution in [0.4, 0.5) is 4.79 Å². The Morgan fingerprint density at radius 1 is 1.04 bits per heavy atom. The Morgan fingerprint density at radius 3 is 2.26 bits per heavy atom. The van der Waals surface area contributed by atoms with Crippen LogP contribution < -0.4 is 5.32 Å². The van der Waals surface area contributed by atoms with Crippen LogP contribution in [0.1, 0.15) is 31.9 Å². The molecular formula is C21H22INO4. The molecule has 0 aliphatic rings. The maximum atomic E-state index is 12.5. The topological polar surface area (TPSA) is 64.6 Å². The molecule has 0 aromatic heterocycles. The number of benzene rings is 2. The van der Waals surface area contributed by atoms with Gasteiger partial charge in [-0.3, -0.25) is 5.32 Å². The van der Waals surface area contributed by atoms with Gasteiger partial charge in [-0.05, 0) is 72.7 Å². The summed E-state index contributed by atoms with van der Waals surface area (Å²) < 4.78 is 11.6. The molecule has 0 fully saturated rings. The fourth-order valence-electron chi connectivity index (χ4n) is 2.09. The fourth-order valence-corrected chi connectivity index (χ4v) is 2.45. The average molecular weight is 479 g/mol. The van der Waals surface area contributed by atoms with E-state index in [0.717, 1.165) is 14.7 Å². The van der Waals surface area contributed by atoms with Crippen molar-refractivity contribution in [2.75, 3.05) is 0 Å². The molecule has 5 nitrogen and oxygen atoms in total. The highest BCUT2D eigenvalue weighted by atomic mass is 127. The van der Waals surface area contributed by atoms with E-state index >= 15 is 0 Å². The summed E-state index contributed by atoms with van der Waals surface area (Å²) in [6, 6.07) is 16.9. The first-order valence-electron chi connectivity index (χ1n) is 8.41. The second-order valence-corrected chi connectivity index (χ2v) is 8.04. The number of carbonyl (C=O) groups is 2. The van der Waals surface area contributed by atoms with Crippen molar-refractivity contribution in [3.8, 4) is 0 Å². The molecule has 0 bridgehead atoms. The first kappa shape index (κ1) is 21.0. The van der Waals surface area contributed by atoms with Crippen LogP contribution in [0.25, 0.3) is 6.08 Å². The number of hydrogen-bond donors (Lipinski definition) is 1. The maximum absolute atomic E-state index is 12.5. The molecule has 142 valence electrons. The highest BCUT2D eigenvalue weighted by Crippen LogP contribution is 2.13. The molecule has 0 unspecified atom stereocenters. The summed E-state index contributed by atoms with van der Waals surface area (Å²) in [5.74, 6) is -0.636. The summed E-state index contributed by atoms with van der Waals surface area (Å²) in [6.07, 6.45) is 0.851. The molecule has 27 heavy (non-hydrogen) atoms. The molecule has 0 radical (unpaired) electrons. The second kappa shape index (κ2) is 9.55. The molecule has 0 aliphatic heterocycles. The van der Waals surface area contributed by atoms with Gasteiger partial charge in [-0.2, -0.15) is 0 Å². The smallest absolute Gasteiger partial charge is 0.412 e. The van der Waals surface area contributed by atoms with Gasteiger partial charge in [0.05, 0.1) is 0 Å². The van der Waals surface area contributed by atoms with Crippen molar-refractivity contribution < 1.29 is 19.1 Å². The molecule has 0 aliphatic carbocycles. The van der Waals surface area contributed by atoms with Crippen LogP contribution in [0.5, 0.6) is 0 Å². The Morgan fingerprint density at radius 2 is 1.67 bits per heavy atom. The molecule has 1 amide bonds. The maximum Gasteiger partial charge on any atom is 0.412 e. The number of carbonyl (C=O) groups excluding carboxylic acids is 2. The van der Waals surface area contributed by atoms with Crippen LogP contribution in [0.3, 0.4) is 0 Å². The molecule has 1 N–H and O–H groups in total. The summed E-state index contributed by atoms with van der Waals surface area (Å²) in [6.45, 7) is 5.37. The summed E-state index contributed by atoms with van der Waals surface area (Å²) in [5, 5.41) is 2.50. The van der Waals surface area contributed by atoms with Crippen LogP contribution in [0.2, 0.25) is 0 Å². The molecule has 0 saturated carbocycles. The zero-order valence-electron chi connectivity index (χ0n) is 15.5. The van der Waals surface area contributed by atoms with Gasteiger partial charge in [0.25, 0.3) is 0 Å². The van der Waals surface area contributed by atoms with Crippen molar-refractivity contribution in [2.45, 2.75) is 33.0 Å². The van der Waals surface area contributed by atoms with E-state index in [4.69, 9.17) is 9.47 Å². The number of ether oxygens (including phenoxy) is 2. The van der Waals surface area contributed by atoms with Gasteiger partial charge in [-0.15, -0.1) is 0 Å². The minimum absolute atomic E-state index is 0.0152. The summed E-state index contributed by atoms with van der Waals surface area (Å²) in [5.41, 5.74) is 0.961. The lowest BCUT2D eigenvalue weighted by Crippen LogP contribution is -2.34. The van der Waals surface area contributed by atoms with Gasteiger partial charge >= 0.3 is 12.1 Å². The molecule has 0 heterocycles. The van der Waals surface area contributed by atoms with Crippen molar-refractivity contribution >= 4 is 40.7 Å². The molecule has 6 heteroatoms. The van der Waals surface area contributed by atoms with E-state index < -0.39 is 17.7 Å². The number of halogens is 1. The molecule has 2 rings (SSSR count). The Hall–Kier alpha value is -2.35. The quantitative estimate of drug-likeness (QED) is 0.377. The van der Waals surface area contributed by atoms with Gasteiger partial charge in [0.2, 0.25) is 0 Å². The minimum Gasteiger partial charge on any atom is -0.456 e. The van der Waals surface area contributed by atoms with Crippen molar-refractivity contribution in [3.05, 3.63) is 75.0 Å². The largest absolute Gasteiger partial charge is 0.456 e. The molecule has 0 saturated heterocycles. The van der Waals surface area contributed by atoms with Crippen LogP contribution in [0.15, 0.2) is 60.3 Å². The third kappa shape index (κ3) is 7.82. The molecule has 0 spiro atoms. The van der Waals surface area contributed by atoms with E-state index in [2.05, 4.69) is 27.9 Å². The van der Waals surface area contributed by atoms with Gasteiger partial charge in [0, 0.05) is 3.57 Å².